The molecule has 0 N–H and O–H groups in total. The fourth-order valence-corrected chi connectivity index (χ4v) is 3.60. The van der Waals surface area contributed by atoms with Crippen molar-refractivity contribution in [3.05, 3.63) is 66.7 Å². The SMILES string of the molecule is Cc1cc(C(Cl)c2cccc(C)c2I)c(C)cc1Cl. The van der Waals surface area contributed by atoms with E-state index >= 15 is 0 Å². The Balaban J connectivity index is 2.53. The highest BCUT2D eigenvalue weighted by atomic mass is 127. The summed E-state index contributed by atoms with van der Waals surface area (Å²) in [4.78, 5) is 0. The van der Waals surface area contributed by atoms with Crippen molar-refractivity contribution in [1.82, 2.24) is 0 Å². The fraction of sp³-hybridized carbons (Fsp3) is 0.250. The van der Waals surface area contributed by atoms with Crippen LogP contribution in [0.1, 0.15) is 33.2 Å². The van der Waals surface area contributed by atoms with Crippen molar-refractivity contribution in [3.8, 4) is 0 Å². The molecule has 0 bridgehead atoms. The first-order chi connectivity index (χ1) is 8.91. The van der Waals surface area contributed by atoms with Crippen LogP contribution in [0.5, 0.6) is 0 Å². The van der Waals surface area contributed by atoms with Crippen molar-refractivity contribution >= 4 is 45.8 Å². The minimum absolute atomic E-state index is 0.136. The smallest absolute Gasteiger partial charge is 0.0848 e. The average molecular weight is 405 g/mol. The molecule has 100 valence electrons. The van der Waals surface area contributed by atoms with Gasteiger partial charge in [-0.25, -0.2) is 0 Å². The Morgan fingerprint density at radius 1 is 0.947 bits per heavy atom. The fourth-order valence-electron chi connectivity index (χ4n) is 2.11. The molecule has 1 unspecified atom stereocenters. The number of rotatable bonds is 2. The molecule has 2 rings (SSSR count). The third kappa shape index (κ3) is 3.09. The van der Waals surface area contributed by atoms with Gasteiger partial charge >= 0.3 is 0 Å². The standard InChI is InChI=1S/C16H15Cl2I/c1-9-5-4-6-12(16(9)19)15(18)13-7-11(3)14(17)8-10(13)2/h4-8,15H,1-3H3. The summed E-state index contributed by atoms with van der Waals surface area (Å²) in [6.07, 6.45) is 0. The van der Waals surface area contributed by atoms with E-state index in [1.807, 2.05) is 13.0 Å². The van der Waals surface area contributed by atoms with Crippen LogP contribution in [0.2, 0.25) is 5.02 Å². The van der Waals surface area contributed by atoms with Crippen LogP contribution >= 0.6 is 45.8 Å². The van der Waals surface area contributed by atoms with Crippen LogP contribution in [0, 0.1) is 24.3 Å². The Kier molecular flexibility index (Phi) is 4.80. The van der Waals surface area contributed by atoms with Crippen LogP contribution in [0.4, 0.5) is 0 Å². The summed E-state index contributed by atoms with van der Waals surface area (Å²) in [6, 6.07) is 10.3. The normalized spacial score (nSPS) is 12.5. The zero-order valence-electron chi connectivity index (χ0n) is 11.1. The molecular formula is C16H15Cl2I. The summed E-state index contributed by atoms with van der Waals surface area (Å²) in [7, 11) is 0. The van der Waals surface area contributed by atoms with Gasteiger partial charge in [-0.15, -0.1) is 11.6 Å². The highest BCUT2D eigenvalue weighted by molar-refractivity contribution is 14.1. The van der Waals surface area contributed by atoms with Crippen molar-refractivity contribution in [2.45, 2.75) is 26.1 Å². The van der Waals surface area contributed by atoms with Crippen LogP contribution in [-0.4, -0.2) is 0 Å². The molecule has 0 nitrogen and oxygen atoms in total. The average Bonchev–Trinajstić information content (AvgIpc) is 2.36. The van der Waals surface area contributed by atoms with Gasteiger partial charge in [0.15, 0.2) is 0 Å². The molecule has 0 radical (unpaired) electrons. The zero-order chi connectivity index (χ0) is 14.2. The molecule has 0 amide bonds. The van der Waals surface area contributed by atoms with E-state index in [2.05, 4.69) is 60.7 Å². The second-order valence-electron chi connectivity index (χ2n) is 4.80. The van der Waals surface area contributed by atoms with E-state index in [4.69, 9.17) is 23.2 Å². The first kappa shape index (κ1) is 15.1. The molecule has 19 heavy (non-hydrogen) atoms. The Labute approximate surface area is 138 Å². The number of hydrogen-bond donors (Lipinski definition) is 0. The summed E-state index contributed by atoms with van der Waals surface area (Å²) >= 11 is 15.2. The van der Waals surface area contributed by atoms with E-state index in [9.17, 15) is 0 Å². The Hall–Kier alpha value is -0.250. The Morgan fingerprint density at radius 2 is 1.63 bits per heavy atom. The first-order valence-electron chi connectivity index (χ1n) is 6.07. The van der Waals surface area contributed by atoms with Crippen LogP contribution in [0.25, 0.3) is 0 Å². The maximum atomic E-state index is 6.69. The van der Waals surface area contributed by atoms with Crippen molar-refractivity contribution in [1.29, 1.82) is 0 Å². The molecule has 0 aliphatic rings. The van der Waals surface area contributed by atoms with Gasteiger partial charge in [0.05, 0.1) is 5.38 Å². The molecule has 1 atom stereocenters. The van der Waals surface area contributed by atoms with Gasteiger partial charge in [-0.05, 0) is 77.2 Å². The number of benzene rings is 2. The van der Waals surface area contributed by atoms with Gasteiger partial charge in [-0.2, -0.15) is 0 Å². The molecular weight excluding hydrogens is 390 g/mol. The molecule has 2 aromatic rings. The van der Waals surface area contributed by atoms with Gasteiger partial charge in [-0.1, -0.05) is 35.9 Å². The van der Waals surface area contributed by atoms with Crippen LogP contribution in [0.15, 0.2) is 30.3 Å². The summed E-state index contributed by atoms with van der Waals surface area (Å²) in [5, 5.41) is 0.659. The maximum Gasteiger partial charge on any atom is 0.0848 e. The van der Waals surface area contributed by atoms with E-state index in [1.165, 1.54) is 9.13 Å². The monoisotopic (exact) mass is 404 g/mol. The third-order valence-electron chi connectivity index (χ3n) is 3.32. The minimum Gasteiger partial charge on any atom is -0.113 e. The molecule has 0 saturated heterocycles. The molecule has 0 aliphatic heterocycles. The lowest BCUT2D eigenvalue weighted by molar-refractivity contribution is 1.08. The second-order valence-corrected chi connectivity index (χ2v) is 6.72. The third-order valence-corrected chi connectivity index (χ3v) is 5.67. The second kappa shape index (κ2) is 6.02. The molecule has 0 heterocycles. The maximum absolute atomic E-state index is 6.69. The first-order valence-corrected chi connectivity index (χ1v) is 7.97. The molecule has 0 spiro atoms. The minimum atomic E-state index is -0.136. The van der Waals surface area contributed by atoms with E-state index in [1.54, 1.807) is 0 Å². The number of halogens is 3. The molecule has 0 saturated carbocycles. The summed E-state index contributed by atoms with van der Waals surface area (Å²) in [5.74, 6) is 0. The van der Waals surface area contributed by atoms with Crippen molar-refractivity contribution in [2.75, 3.05) is 0 Å². The predicted molar refractivity (Wildman–Crippen MR) is 92.5 cm³/mol. The Bertz CT molecular complexity index is 620. The van der Waals surface area contributed by atoms with Gasteiger partial charge in [0, 0.05) is 8.59 Å². The number of alkyl halides is 1. The van der Waals surface area contributed by atoms with Gasteiger partial charge < -0.3 is 0 Å². The van der Waals surface area contributed by atoms with Crippen molar-refractivity contribution in [3.63, 3.8) is 0 Å². The van der Waals surface area contributed by atoms with Crippen LogP contribution in [-0.2, 0) is 0 Å². The molecule has 2 aromatic carbocycles. The molecule has 0 fully saturated rings. The van der Waals surface area contributed by atoms with Crippen molar-refractivity contribution in [2.24, 2.45) is 0 Å². The lowest BCUT2D eigenvalue weighted by Crippen LogP contribution is -2.01. The van der Waals surface area contributed by atoms with E-state index in [0.717, 1.165) is 27.3 Å². The summed E-state index contributed by atoms with van der Waals surface area (Å²) < 4.78 is 1.23. The molecule has 0 aliphatic carbocycles. The van der Waals surface area contributed by atoms with E-state index in [0.29, 0.717) is 0 Å². The van der Waals surface area contributed by atoms with E-state index in [-0.39, 0.29) is 5.38 Å². The zero-order valence-corrected chi connectivity index (χ0v) is 14.8. The number of hydrogen-bond acceptors (Lipinski definition) is 0. The topological polar surface area (TPSA) is 0 Å². The summed E-state index contributed by atoms with van der Waals surface area (Å²) in [6.45, 7) is 6.17. The summed E-state index contributed by atoms with van der Waals surface area (Å²) in [5.41, 5.74) is 5.75. The number of aryl methyl sites for hydroxylation is 3. The van der Waals surface area contributed by atoms with Gasteiger partial charge in [0.1, 0.15) is 0 Å². The quantitative estimate of drug-likeness (QED) is 0.413. The van der Waals surface area contributed by atoms with Gasteiger partial charge in [-0.3, -0.25) is 0 Å². The van der Waals surface area contributed by atoms with Crippen LogP contribution in [0.3, 0.4) is 0 Å². The lowest BCUT2D eigenvalue weighted by Gasteiger charge is -2.17. The van der Waals surface area contributed by atoms with Gasteiger partial charge in [0.25, 0.3) is 0 Å². The molecule has 0 aromatic heterocycles. The Morgan fingerprint density at radius 3 is 2.32 bits per heavy atom. The van der Waals surface area contributed by atoms with E-state index < -0.39 is 0 Å². The van der Waals surface area contributed by atoms with Crippen molar-refractivity contribution < 1.29 is 0 Å². The highest BCUT2D eigenvalue weighted by Crippen LogP contribution is 2.36. The van der Waals surface area contributed by atoms with Gasteiger partial charge in [0.2, 0.25) is 0 Å². The largest absolute Gasteiger partial charge is 0.113 e. The predicted octanol–water partition coefficient (Wildman–Crippen LogP) is 6.20. The molecule has 3 heteroatoms. The van der Waals surface area contributed by atoms with Crippen LogP contribution < -0.4 is 0 Å². The highest BCUT2D eigenvalue weighted by Gasteiger charge is 2.17. The lowest BCUT2D eigenvalue weighted by atomic mass is 9.97.